The molecule has 0 aromatic carbocycles. The molecule has 1 aromatic heterocycles. The van der Waals surface area contributed by atoms with Gasteiger partial charge in [0.1, 0.15) is 12.4 Å². The van der Waals surface area contributed by atoms with Gasteiger partial charge in [0, 0.05) is 18.4 Å². The van der Waals surface area contributed by atoms with E-state index in [0.717, 1.165) is 18.2 Å². The molecule has 2 rings (SSSR count). The normalized spacial score (nSPS) is 15.5. The Balaban J connectivity index is 1.76. The minimum absolute atomic E-state index is 0.471. The highest BCUT2D eigenvalue weighted by Gasteiger charge is 2.20. The second-order valence-corrected chi connectivity index (χ2v) is 4.14. The van der Waals surface area contributed by atoms with E-state index in [2.05, 4.69) is 9.97 Å². The van der Waals surface area contributed by atoms with Crippen LogP contribution >= 0.6 is 0 Å². The molecule has 0 aliphatic heterocycles. The van der Waals surface area contributed by atoms with Crippen molar-refractivity contribution in [3.05, 3.63) is 17.6 Å². The number of aryl methyl sites for hydroxylation is 1. The Bertz CT molecular complexity index is 316. The first-order valence-corrected chi connectivity index (χ1v) is 5.42. The Hall–Kier alpha value is -1.16. The Morgan fingerprint density at radius 3 is 2.93 bits per heavy atom. The van der Waals surface area contributed by atoms with E-state index in [0.29, 0.717) is 18.2 Å². The molecule has 1 heterocycles. The summed E-state index contributed by atoms with van der Waals surface area (Å²) < 4.78 is 5.50. The van der Waals surface area contributed by atoms with Crippen molar-refractivity contribution in [1.29, 1.82) is 0 Å². The fourth-order valence-electron chi connectivity index (χ4n) is 1.54. The summed E-state index contributed by atoms with van der Waals surface area (Å²) in [6.07, 6.45) is 3.91. The van der Waals surface area contributed by atoms with Gasteiger partial charge >= 0.3 is 0 Å². The average molecular weight is 207 g/mol. The van der Waals surface area contributed by atoms with Gasteiger partial charge in [0.15, 0.2) is 5.82 Å². The summed E-state index contributed by atoms with van der Waals surface area (Å²) in [7, 11) is 0. The zero-order chi connectivity index (χ0) is 10.7. The van der Waals surface area contributed by atoms with Crippen LogP contribution in [0.5, 0.6) is 0 Å². The first-order chi connectivity index (χ1) is 7.24. The van der Waals surface area contributed by atoms with Gasteiger partial charge in [-0.2, -0.15) is 0 Å². The lowest BCUT2D eigenvalue weighted by Crippen LogP contribution is -2.04. The van der Waals surface area contributed by atoms with E-state index in [1.807, 2.05) is 6.92 Å². The molecule has 2 N–H and O–H groups in total. The highest BCUT2D eigenvalue weighted by atomic mass is 16.5. The standard InChI is InChI=1S/C11H17N3O/c1-8-6-10(12)14-11(13-8)7-15-5-4-9-2-3-9/h6,9H,2-5,7H2,1H3,(H2,12,13,14). The number of nitrogens with two attached hydrogens (primary N) is 1. The van der Waals surface area contributed by atoms with E-state index < -0.39 is 0 Å². The molecule has 0 atom stereocenters. The number of hydrogen-bond donors (Lipinski definition) is 1. The lowest BCUT2D eigenvalue weighted by Gasteiger charge is -2.04. The van der Waals surface area contributed by atoms with Gasteiger partial charge in [-0.25, -0.2) is 9.97 Å². The second kappa shape index (κ2) is 4.57. The Morgan fingerprint density at radius 1 is 1.47 bits per heavy atom. The summed E-state index contributed by atoms with van der Waals surface area (Å²) in [5.74, 6) is 2.11. The van der Waals surface area contributed by atoms with Crippen LogP contribution in [0.25, 0.3) is 0 Å². The van der Waals surface area contributed by atoms with Gasteiger partial charge in [-0.1, -0.05) is 12.8 Å². The molecule has 15 heavy (non-hydrogen) atoms. The van der Waals surface area contributed by atoms with Crippen LogP contribution in [0, 0.1) is 12.8 Å². The average Bonchev–Trinajstić information content (AvgIpc) is 2.94. The van der Waals surface area contributed by atoms with Crippen molar-refractivity contribution >= 4 is 5.82 Å². The van der Waals surface area contributed by atoms with Gasteiger partial charge < -0.3 is 10.5 Å². The molecule has 1 aliphatic carbocycles. The maximum atomic E-state index is 5.62. The van der Waals surface area contributed by atoms with Gasteiger partial charge in [-0.3, -0.25) is 0 Å². The van der Waals surface area contributed by atoms with Gasteiger partial charge in [0.2, 0.25) is 0 Å². The number of ether oxygens (including phenoxy) is 1. The Kier molecular flexibility index (Phi) is 3.16. The number of aromatic nitrogens is 2. The highest BCUT2D eigenvalue weighted by Crippen LogP contribution is 2.32. The maximum absolute atomic E-state index is 5.62. The molecular formula is C11H17N3O. The van der Waals surface area contributed by atoms with Crippen molar-refractivity contribution in [1.82, 2.24) is 9.97 Å². The fraction of sp³-hybridized carbons (Fsp3) is 0.636. The molecule has 0 bridgehead atoms. The smallest absolute Gasteiger partial charge is 0.156 e. The summed E-state index contributed by atoms with van der Waals surface area (Å²) in [6.45, 7) is 3.19. The first kappa shape index (κ1) is 10.4. The summed E-state index contributed by atoms with van der Waals surface area (Å²) in [5, 5.41) is 0. The predicted molar refractivity (Wildman–Crippen MR) is 58.2 cm³/mol. The maximum Gasteiger partial charge on any atom is 0.156 e. The van der Waals surface area contributed by atoms with E-state index in [-0.39, 0.29) is 0 Å². The molecule has 0 unspecified atom stereocenters. The van der Waals surface area contributed by atoms with Gasteiger partial charge in [-0.05, 0) is 19.3 Å². The number of rotatable bonds is 5. The highest BCUT2D eigenvalue weighted by molar-refractivity contribution is 5.28. The monoisotopic (exact) mass is 207 g/mol. The Morgan fingerprint density at radius 2 is 2.27 bits per heavy atom. The quantitative estimate of drug-likeness (QED) is 0.746. The predicted octanol–water partition coefficient (Wildman–Crippen LogP) is 1.68. The van der Waals surface area contributed by atoms with Crippen LogP contribution in [-0.2, 0) is 11.3 Å². The van der Waals surface area contributed by atoms with E-state index in [1.54, 1.807) is 6.07 Å². The summed E-state index contributed by atoms with van der Waals surface area (Å²) in [6, 6.07) is 1.76. The lowest BCUT2D eigenvalue weighted by atomic mass is 10.3. The SMILES string of the molecule is Cc1cc(N)nc(COCCC2CC2)n1. The van der Waals surface area contributed by atoms with Gasteiger partial charge in [-0.15, -0.1) is 0 Å². The summed E-state index contributed by atoms with van der Waals surface area (Å²) in [5.41, 5.74) is 6.51. The van der Waals surface area contributed by atoms with Crippen molar-refractivity contribution in [3.63, 3.8) is 0 Å². The molecule has 0 spiro atoms. The summed E-state index contributed by atoms with van der Waals surface area (Å²) in [4.78, 5) is 8.36. The van der Waals surface area contributed by atoms with Gasteiger partial charge in [0.25, 0.3) is 0 Å². The molecule has 0 saturated heterocycles. The third kappa shape index (κ3) is 3.47. The van der Waals surface area contributed by atoms with Crippen molar-refractivity contribution < 1.29 is 4.74 Å². The van der Waals surface area contributed by atoms with E-state index in [4.69, 9.17) is 10.5 Å². The number of nitrogens with zero attached hydrogens (tertiary/aromatic N) is 2. The van der Waals surface area contributed by atoms with Crippen LogP contribution in [-0.4, -0.2) is 16.6 Å². The van der Waals surface area contributed by atoms with Crippen molar-refractivity contribution in [2.75, 3.05) is 12.3 Å². The minimum atomic E-state index is 0.471. The molecule has 1 aromatic rings. The van der Waals surface area contributed by atoms with Crippen LogP contribution < -0.4 is 5.73 Å². The van der Waals surface area contributed by atoms with E-state index in [9.17, 15) is 0 Å². The third-order valence-electron chi connectivity index (χ3n) is 2.52. The summed E-state index contributed by atoms with van der Waals surface area (Å²) >= 11 is 0. The lowest BCUT2D eigenvalue weighted by molar-refractivity contribution is 0.110. The van der Waals surface area contributed by atoms with Crippen molar-refractivity contribution in [3.8, 4) is 0 Å². The van der Waals surface area contributed by atoms with Gasteiger partial charge in [0.05, 0.1) is 0 Å². The zero-order valence-electron chi connectivity index (χ0n) is 9.07. The molecule has 1 saturated carbocycles. The molecule has 1 fully saturated rings. The largest absolute Gasteiger partial charge is 0.384 e. The first-order valence-electron chi connectivity index (χ1n) is 5.42. The van der Waals surface area contributed by atoms with Crippen molar-refractivity contribution in [2.24, 2.45) is 5.92 Å². The minimum Gasteiger partial charge on any atom is -0.384 e. The van der Waals surface area contributed by atoms with Crippen LogP contribution in [0.15, 0.2) is 6.07 Å². The molecule has 82 valence electrons. The third-order valence-corrected chi connectivity index (χ3v) is 2.52. The molecule has 4 nitrogen and oxygen atoms in total. The molecule has 1 aliphatic rings. The number of nitrogen functional groups attached to an aromatic ring is 1. The van der Waals surface area contributed by atoms with Crippen LogP contribution in [0.2, 0.25) is 0 Å². The number of hydrogen-bond acceptors (Lipinski definition) is 4. The number of anilines is 1. The van der Waals surface area contributed by atoms with E-state index in [1.165, 1.54) is 19.3 Å². The van der Waals surface area contributed by atoms with Crippen LogP contribution in [0.1, 0.15) is 30.8 Å². The zero-order valence-corrected chi connectivity index (χ0v) is 9.07. The van der Waals surface area contributed by atoms with E-state index >= 15 is 0 Å². The fourth-order valence-corrected chi connectivity index (χ4v) is 1.54. The molecule has 0 radical (unpaired) electrons. The van der Waals surface area contributed by atoms with Crippen molar-refractivity contribution in [2.45, 2.75) is 32.8 Å². The molecule has 4 heteroatoms. The molecule has 0 amide bonds. The second-order valence-electron chi connectivity index (χ2n) is 4.14. The topological polar surface area (TPSA) is 61.0 Å². The van der Waals surface area contributed by atoms with Crippen LogP contribution in [0.4, 0.5) is 5.82 Å². The molecular weight excluding hydrogens is 190 g/mol. The van der Waals surface area contributed by atoms with Crippen LogP contribution in [0.3, 0.4) is 0 Å². The Labute approximate surface area is 89.9 Å².